The number of aldehydes is 1. The second kappa shape index (κ2) is 7.21. The Morgan fingerprint density at radius 2 is 1.86 bits per heavy atom. The van der Waals surface area contributed by atoms with Crippen LogP contribution in [-0.2, 0) is 4.79 Å². The van der Waals surface area contributed by atoms with Crippen LogP contribution in [0.2, 0.25) is 0 Å². The van der Waals surface area contributed by atoms with E-state index in [2.05, 4.69) is 40.7 Å². The fourth-order valence-corrected chi connectivity index (χ4v) is 9.18. The summed E-state index contributed by atoms with van der Waals surface area (Å²) >= 11 is 0. The Morgan fingerprint density at radius 3 is 2.55 bits per heavy atom. The third-order valence-corrected chi connectivity index (χ3v) is 11.0. The Hall–Kier alpha value is -0.630. The molecule has 0 bridgehead atoms. The number of hydrogen-bond donors (Lipinski definition) is 1. The van der Waals surface area contributed by atoms with Gasteiger partial charge in [0.05, 0.1) is 5.60 Å². The van der Waals surface area contributed by atoms with Crippen molar-refractivity contribution in [2.45, 2.75) is 111 Å². The minimum atomic E-state index is -0.464. The van der Waals surface area contributed by atoms with Gasteiger partial charge in [-0.15, -0.1) is 0 Å². The molecule has 8 atom stereocenters. The van der Waals surface area contributed by atoms with E-state index in [1.165, 1.54) is 32.1 Å². The van der Waals surface area contributed by atoms with Gasteiger partial charge in [0.25, 0.3) is 0 Å². The summed E-state index contributed by atoms with van der Waals surface area (Å²) in [5.74, 6) is 3.01. The topological polar surface area (TPSA) is 37.3 Å². The highest BCUT2D eigenvalue weighted by Crippen LogP contribution is 2.72. The van der Waals surface area contributed by atoms with E-state index in [9.17, 15) is 9.90 Å². The maximum Gasteiger partial charge on any atom is 0.120 e. The number of hydrogen-bond acceptors (Lipinski definition) is 2. The lowest BCUT2D eigenvalue weighted by molar-refractivity contribution is -0.123. The van der Waals surface area contributed by atoms with Crippen LogP contribution in [0.3, 0.4) is 0 Å². The smallest absolute Gasteiger partial charge is 0.120 e. The van der Waals surface area contributed by atoms with Gasteiger partial charge in [-0.25, -0.2) is 0 Å². The van der Waals surface area contributed by atoms with E-state index < -0.39 is 5.60 Å². The average molecular weight is 401 g/mol. The summed E-state index contributed by atoms with van der Waals surface area (Å²) in [5, 5.41) is 11.0. The Kier molecular flexibility index (Phi) is 5.37. The maximum atomic E-state index is 11.0. The van der Waals surface area contributed by atoms with E-state index >= 15 is 0 Å². The summed E-state index contributed by atoms with van der Waals surface area (Å²) in [4.78, 5) is 10.9. The summed E-state index contributed by atoms with van der Waals surface area (Å²) in [6, 6.07) is 0. The fourth-order valence-electron chi connectivity index (χ4n) is 9.18. The molecule has 0 unspecified atom stereocenters. The minimum Gasteiger partial charge on any atom is -0.390 e. The number of aliphatic hydroxyl groups is 1. The van der Waals surface area contributed by atoms with Crippen LogP contribution in [0.4, 0.5) is 0 Å². The van der Waals surface area contributed by atoms with Crippen LogP contribution in [0.1, 0.15) is 105 Å². The standard InChI is InChI=1S/C27H44O2/c1-6-27(29)16-15-24(3)20(18-27)11-13-26(5)22-10-9-21(19(2)8-7-17-28)25(22,4)14-12-23(24)26/h11,17,19,21-23,29H,6-10,12-16,18H2,1-5H3/t19-,21-,22-,23-,24+,25-,26+,27+/m1/s1. The maximum absolute atomic E-state index is 11.0. The van der Waals surface area contributed by atoms with Crippen LogP contribution < -0.4 is 0 Å². The van der Waals surface area contributed by atoms with Crippen molar-refractivity contribution in [3.05, 3.63) is 11.6 Å². The summed E-state index contributed by atoms with van der Waals surface area (Å²) in [5.41, 5.74) is 2.24. The Bertz CT molecular complexity index is 682. The predicted octanol–water partition coefficient (Wildman–Crippen LogP) is 6.71. The van der Waals surface area contributed by atoms with Gasteiger partial charge in [-0.2, -0.15) is 0 Å². The molecule has 0 spiro atoms. The highest BCUT2D eigenvalue weighted by Gasteiger charge is 2.64. The summed E-state index contributed by atoms with van der Waals surface area (Å²) in [6.07, 6.45) is 16.0. The van der Waals surface area contributed by atoms with Crippen molar-refractivity contribution in [1.82, 2.24) is 0 Å². The van der Waals surface area contributed by atoms with Gasteiger partial charge >= 0.3 is 0 Å². The van der Waals surface area contributed by atoms with Gasteiger partial charge in [0.1, 0.15) is 6.29 Å². The highest BCUT2D eigenvalue weighted by atomic mass is 16.3. The fraction of sp³-hybridized carbons (Fsp3) is 0.889. The number of allylic oxidation sites excluding steroid dienone is 1. The molecule has 0 amide bonds. The van der Waals surface area contributed by atoms with E-state index in [4.69, 9.17) is 0 Å². The predicted molar refractivity (Wildman–Crippen MR) is 120 cm³/mol. The van der Waals surface area contributed by atoms with E-state index in [1.807, 2.05) is 0 Å². The van der Waals surface area contributed by atoms with E-state index in [0.29, 0.717) is 16.7 Å². The van der Waals surface area contributed by atoms with Crippen molar-refractivity contribution in [3.8, 4) is 0 Å². The van der Waals surface area contributed by atoms with Gasteiger partial charge in [0.2, 0.25) is 0 Å². The van der Waals surface area contributed by atoms with Gasteiger partial charge in [0, 0.05) is 6.42 Å². The molecule has 4 aliphatic rings. The first-order valence-electron chi connectivity index (χ1n) is 12.5. The molecule has 3 saturated carbocycles. The van der Waals surface area contributed by atoms with Crippen LogP contribution in [0.5, 0.6) is 0 Å². The molecule has 4 rings (SSSR count). The largest absolute Gasteiger partial charge is 0.390 e. The summed E-state index contributed by atoms with van der Waals surface area (Å²) < 4.78 is 0. The first-order valence-corrected chi connectivity index (χ1v) is 12.5. The molecule has 29 heavy (non-hydrogen) atoms. The molecule has 2 heteroatoms. The first kappa shape index (κ1) is 21.6. The molecule has 164 valence electrons. The molecule has 0 radical (unpaired) electrons. The molecule has 0 aliphatic heterocycles. The SMILES string of the molecule is CC[C@]1(O)CC[C@@]2(C)C(=CC[C@@]3(C)[C@@H]4CC[C@H]([C@H](C)CCC=O)[C@@]4(C)CC[C@@H]32)C1. The van der Waals surface area contributed by atoms with Crippen molar-refractivity contribution >= 4 is 6.29 Å². The van der Waals surface area contributed by atoms with E-state index in [0.717, 1.165) is 62.6 Å². The van der Waals surface area contributed by atoms with E-state index in [-0.39, 0.29) is 5.41 Å². The molecule has 3 fully saturated rings. The molecule has 0 aromatic rings. The Balaban J connectivity index is 1.63. The van der Waals surface area contributed by atoms with Crippen LogP contribution in [0, 0.1) is 39.9 Å². The van der Waals surface area contributed by atoms with Crippen molar-refractivity contribution in [2.75, 3.05) is 0 Å². The molecule has 0 saturated heterocycles. The molecule has 0 heterocycles. The lowest BCUT2D eigenvalue weighted by atomic mass is 9.41. The first-order chi connectivity index (χ1) is 13.6. The van der Waals surface area contributed by atoms with Gasteiger partial charge in [-0.3, -0.25) is 0 Å². The van der Waals surface area contributed by atoms with Crippen molar-refractivity contribution in [3.63, 3.8) is 0 Å². The quantitative estimate of drug-likeness (QED) is 0.411. The second-order valence-corrected chi connectivity index (χ2v) is 12.2. The average Bonchev–Trinajstić information content (AvgIpc) is 3.05. The van der Waals surface area contributed by atoms with E-state index in [1.54, 1.807) is 5.57 Å². The molecule has 0 aromatic heterocycles. The molecule has 1 N–H and O–H groups in total. The lowest BCUT2D eigenvalue weighted by Gasteiger charge is -2.64. The summed E-state index contributed by atoms with van der Waals surface area (Å²) in [6.45, 7) is 12.3. The summed E-state index contributed by atoms with van der Waals surface area (Å²) in [7, 11) is 0. The normalized spacial score (nSPS) is 50.1. The molecule has 4 aliphatic carbocycles. The molecular weight excluding hydrogens is 356 g/mol. The monoisotopic (exact) mass is 400 g/mol. The van der Waals surface area contributed by atoms with Gasteiger partial charge in [0.15, 0.2) is 0 Å². The Labute approximate surface area is 178 Å². The zero-order valence-electron chi connectivity index (χ0n) is 19.6. The molecule has 0 aromatic carbocycles. The third kappa shape index (κ3) is 3.10. The van der Waals surface area contributed by atoms with Gasteiger partial charge < -0.3 is 9.90 Å². The zero-order chi connectivity index (χ0) is 21.1. The highest BCUT2D eigenvalue weighted by molar-refractivity contribution is 5.49. The van der Waals surface area contributed by atoms with Crippen molar-refractivity contribution < 1.29 is 9.90 Å². The second-order valence-electron chi connectivity index (χ2n) is 12.2. The van der Waals surface area contributed by atoms with Crippen LogP contribution >= 0.6 is 0 Å². The van der Waals surface area contributed by atoms with Gasteiger partial charge in [-0.05, 0) is 104 Å². The lowest BCUT2D eigenvalue weighted by Crippen LogP contribution is -2.57. The van der Waals surface area contributed by atoms with Gasteiger partial charge in [-0.1, -0.05) is 46.3 Å². The third-order valence-electron chi connectivity index (χ3n) is 11.0. The number of carbonyl (C=O) groups excluding carboxylic acids is 1. The van der Waals surface area contributed by atoms with Crippen LogP contribution in [-0.4, -0.2) is 17.0 Å². The molecular formula is C27H44O2. The minimum absolute atomic E-state index is 0.289. The number of carbonyl (C=O) groups is 1. The van der Waals surface area contributed by atoms with Crippen molar-refractivity contribution in [1.29, 1.82) is 0 Å². The zero-order valence-corrected chi connectivity index (χ0v) is 19.6. The number of rotatable bonds is 5. The van der Waals surface area contributed by atoms with Crippen molar-refractivity contribution in [2.24, 2.45) is 39.9 Å². The van der Waals surface area contributed by atoms with Crippen LogP contribution in [0.15, 0.2) is 11.6 Å². The Morgan fingerprint density at radius 1 is 1.10 bits per heavy atom. The molecule has 2 nitrogen and oxygen atoms in total. The number of fused-ring (bicyclic) bond motifs is 5. The van der Waals surface area contributed by atoms with Crippen LogP contribution in [0.25, 0.3) is 0 Å².